The van der Waals surface area contributed by atoms with Crippen LogP contribution in [0.5, 0.6) is 11.5 Å². The number of hydrogen-bond acceptors (Lipinski definition) is 7. The Morgan fingerprint density at radius 1 is 0.977 bits per heavy atom. The summed E-state index contributed by atoms with van der Waals surface area (Å²) >= 11 is 0. The number of nitrogens with zero attached hydrogens (tertiary/aromatic N) is 2. The van der Waals surface area contributed by atoms with E-state index in [1.165, 1.54) is 6.07 Å². The lowest BCUT2D eigenvalue weighted by molar-refractivity contribution is -0.135. The molecule has 0 saturated carbocycles. The van der Waals surface area contributed by atoms with E-state index in [0.717, 1.165) is 22.3 Å². The number of aryl methyl sites for hydroxylation is 2. The smallest absolute Gasteiger partial charge is 0.335 e. The Morgan fingerprint density at radius 2 is 1.66 bits per heavy atom. The lowest BCUT2D eigenvalue weighted by atomic mass is 9.93. The van der Waals surface area contributed by atoms with Gasteiger partial charge in [0.2, 0.25) is 11.8 Å². The molecule has 0 spiro atoms. The van der Waals surface area contributed by atoms with E-state index < -0.39 is 24.0 Å². The highest BCUT2D eigenvalue weighted by atomic mass is 16.5. The molecule has 0 aliphatic heterocycles. The molecule has 1 heterocycles. The highest BCUT2D eigenvalue weighted by Crippen LogP contribution is 2.31. The van der Waals surface area contributed by atoms with Crippen molar-refractivity contribution in [3.8, 4) is 22.8 Å². The summed E-state index contributed by atoms with van der Waals surface area (Å²) in [6.07, 6.45) is 1.86. The highest BCUT2D eigenvalue weighted by molar-refractivity contribution is 5.93. The zero-order valence-corrected chi connectivity index (χ0v) is 25.4. The molecule has 0 bridgehead atoms. The van der Waals surface area contributed by atoms with Gasteiger partial charge in [-0.25, -0.2) is 9.78 Å². The first kappa shape index (κ1) is 31.8. The third kappa shape index (κ3) is 6.90. The van der Waals surface area contributed by atoms with E-state index in [1.807, 2.05) is 26.8 Å². The summed E-state index contributed by atoms with van der Waals surface area (Å²) in [6.45, 7) is 5.76. The molecule has 0 aliphatic carbocycles. The summed E-state index contributed by atoms with van der Waals surface area (Å²) in [4.78, 5) is 46.8. The molecular weight excluding hydrogens is 562 g/mol. The van der Waals surface area contributed by atoms with Crippen molar-refractivity contribution in [2.45, 2.75) is 45.8 Å². The monoisotopic (exact) mass is 599 g/mol. The van der Waals surface area contributed by atoms with Crippen LogP contribution in [0.4, 0.5) is 0 Å². The van der Waals surface area contributed by atoms with Gasteiger partial charge >= 0.3 is 5.97 Å². The van der Waals surface area contributed by atoms with Crippen LogP contribution < -0.4 is 20.9 Å². The van der Waals surface area contributed by atoms with E-state index in [-0.39, 0.29) is 24.4 Å². The van der Waals surface area contributed by atoms with Crippen LogP contribution in [0.3, 0.4) is 0 Å². The zero-order valence-electron chi connectivity index (χ0n) is 25.4. The molecule has 4 aromatic rings. The number of H-pyrrole nitrogens is 1. The molecule has 2 amide bonds. The predicted octanol–water partition coefficient (Wildman–Crippen LogP) is 4.17. The fourth-order valence-electron chi connectivity index (χ4n) is 5.22. The molecule has 230 valence electrons. The van der Waals surface area contributed by atoms with Crippen molar-refractivity contribution in [2.75, 3.05) is 14.2 Å². The van der Waals surface area contributed by atoms with Crippen LogP contribution in [-0.4, -0.2) is 58.0 Å². The number of rotatable bonds is 12. The molecule has 2 unspecified atom stereocenters. The first-order valence-electron chi connectivity index (χ1n) is 14.0. The van der Waals surface area contributed by atoms with Gasteiger partial charge < -0.3 is 35.9 Å². The number of nitrogens with two attached hydrogens (primary N) is 2. The largest absolute Gasteiger partial charge is 0.493 e. The molecule has 0 aliphatic rings. The lowest BCUT2D eigenvalue weighted by Gasteiger charge is -2.31. The normalized spacial score (nSPS) is 12.3. The Labute approximate surface area is 255 Å². The number of carboxylic acid groups (broad SMARTS) is 1. The quantitative estimate of drug-likeness (QED) is 0.188. The zero-order chi connectivity index (χ0) is 32.1. The van der Waals surface area contributed by atoms with Gasteiger partial charge in [-0.05, 0) is 85.8 Å². The number of ether oxygens (including phenoxy) is 2. The molecule has 44 heavy (non-hydrogen) atoms. The number of methoxy groups -OCH3 is 2. The van der Waals surface area contributed by atoms with Gasteiger partial charge in [0.25, 0.3) is 0 Å². The van der Waals surface area contributed by atoms with Crippen LogP contribution in [0.2, 0.25) is 0 Å². The van der Waals surface area contributed by atoms with Crippen LogP contribution in [0.15, 0.2) is 60.8 Å². The van der Waals surface area contributed by atoms with Crippen molar-refractivity contribution in [1.82, 2.24) is 14.9 Å². The Bertz CT molecular complexity index is 1670. The summed E-state index contributed by atoms with van der Waals surface area (Å²) in [5.41, 5.74) is 17.2. The van der Waals surface area contributed by atoms with Crippen molar-refractivity contribution >= 4 is 17.8 Å². The number of carboxylic acids is 1. The molecule has 11 heteroatoms. The van der Waals surface area contributed by atoms with E-state index in [9.17, 15) is 19.5 Å². The Hall–Kier alpha value is -5.16. The summed E-state index contributed by atoms with van der Waals surface area (Å²) in [7, 11) is 3.09. The van der Waals surface area contributed by atoms with Gasteiger partial charge in [-0.15, -0.1) is 0 Å². The van der Waals surface area contributed by atoms with Crippen LogP contribution in [0.25, 0.3) is 11.3 Å². The topological polar surface area (TPSA) is 174 Å². The van der Waals surface area contributed by atoms with Crippen molar-refractivity contribution < 1.29 is 29.0 Å². The Kier molecular flexibility index (Phi) is 9.70. The van der Waals surface area contributed by atoms with Gasteiger partial charge in [-0.1, -0.05) is 18.2 Å². The maximum atomic E-state index is 14.1. The number of primary amides is 1. The molecule has 0 radical (unpaired) electrons. The second-order valence-corrected chi connectivity index (χ2v) is 10.7. The third-order valence-electron chi connectivity index (χ3n) is 7.68. The minimum absolute atomic E-state index is 0.150. The molecular formula is C33H37N5O6. The van der Waals surface area contributed by atoms with Crippen molar-refractivity contribution in [2.24, 2.45) is 11.5 Å². The molecule has 1 aromatic heterocycles. The molecule has 0 fully saturated rings. The third-order valence-corrected chi connectivity index (χ3v) is 7.68. The molecule has 0 saturated heterocycles. The molecule has 11 nitrogen and oxygen atoms in total. The van der Waals surface area contributed by atoms with Gasteiger partial charge in [0, 0.05) is 17.7 Å². The summed E-state index contributed by atoms with van der Waals surface area (Å²) in [5, 5.41) is 9.40. The van der Waals surface area contributed by atoms with Gasteiger partial charge in [0.1, 0.15) is 5.82 Å². The number of imidazole rings is 1. The number of hydrogen-bond donors (Lipinski definition) is 4. The number of amides is 2. The summed E-state index contributed by atoms with van der Waals surface area (Å²) in [6, 6.07) is 13.9. The predicted molar refractivity (Wildman–Crippen MR) is 166 cm³/mol. The second kappa shape index (κ2) is 13.4. The summed E-state index contributed by atoms with van der Waals surface area (Å²) < 4.78 is 10.8. The molecule has 2 atom stereocenters. The van der Waals surface area contributed by atoms with Gasteiger partial charge in [-0.3, -0.25) is 9.59 Å². The SMILES string of the molecule is COc1ccc(CN(C(=O)C(N)Cc2c(C)cc(C(N)=O)cc2C)C(C)c2ncc(-c3cccc(C(=O)O)c3)[nH]2)cc1OC. The molecule has 4 rings (SSSR count). The number of carbonyl (C=O) groups is 3. The average molecular weight is 600 g/mol. The van der Waals surface area contributed by atoms with Crippen LogP contribution >= 0.6 is 0 Å². The number of aromatic carboxylic acids is 1. The van der Waals surface area contributed by atoms with Crippen LogP contribution in [-0.2, 0) is 17.8 Å². The standard InChI is InChI=1S/C33H37N5O6/c1-18-11-24(30(35)39)12-19(2)25(18)15-26(34)32(40)38(17-21-9-10-28(43-4)29(13-21)44-5)20(3)31-36-16-27(37-31)22-7-6-8-23(14-22)33(41)42/h6-14,16,20,26H,15,17,34H2,1-5H3,(H2,35,39)(H,36,37)(H,41,42). The summed E-state index contributed by atoms with van der Waals surface area (Å²) in [5.74, 6) is -0.283. The van der Waals surface area contributed by atoms with Crippen LogP contribution in [0.1, 0.15) is 61.8 Å². The van der Waals surface area contributed by atoms with Crippen molar-refractivity contribution in [1.29, 1.82) is 0 Å². The Balaban J connectivity index is 1.68. The van der Waals surface area contributed by atoms with E-state index >= 15 is 0 Å². The lowest BCUT2D eigenvalue weighted by Crippen LogP contribution is -2.46. The fourth-order valence-corrected chi connectivity index (χ4v) is 5.22. The molecule has 3 aromatic carbocycles. The number of aromatic nitrogens is 2. The second-order valence-electron chi connectivity index (χ2n) is 10.7. The van der Waals surface area contributed by atoms with E-state index in [0.29, 0.717) is 34.1 Å². The minimum Gasteiger partial charge on any atom is -0.493 e. The maximum absolute atomic E-state index is 14.1. The van der Waals surface area contributed by atoms with Crippen molar-refractivity contribution in [3.05, 3.63) is 100.0 Å². The average Bonchev–Trinajstić information content (AvgIpc) is 3.51. The van der Waals surface area contributed by atoms with E-state index in [4.69, 9.17) is 20.9 Å². The fraction of sp³-hybridized carbons (Fsp3) is 0.273. The number of carbonyl (C=O) groups excluding carboxylic acids is 2. The van der Waals surface area contributed by atoms with E-state index in [2.05, 4.69) is 9.97 Å². The number of benzene rings is 3. The van der Waals surface area contributed by atoms with Gasteiger partial charge in [0.05, 0.1) is 43.8 Å². The first-order chi connectivity index (χ1) is 20.9. The van der Waals surface area contributed by atoms with Gasteiger partial charge in [0.15, 0.2) is 11.5 Å². The Morgan fingerprint density at radius 3 is 2.27 bits per heavy atom. The van der Waals surface area contributed by atoms with E-state index in [1.54, 1.807) is 67.8 Å². The van der Waals surface area contributed by atoms with Crippen LogP contribution in [0, 0.1) is 13.8 Å². The highest BCUT2D eigenvalue weighted by Gasteiger charge is 2.29. The van der Waals surface area contributed by atoms with Crippen molar-refractivity contribution in [3.63, 3.8) is 0 Å². The number of nitrogens with one attached hydrogen (secondary N) is 1. The molecule has 6 N–H and O–H groups in total. The number of aromatic amines is 1. The van der Waals surface area contributed by atoms with Gasteiger partial charge in [-0.2, -0.15) is 0 Å². The minimum atomic E-state index is -1.03. The first-order valence-corrected chi connectivity index (χ1v) is 14.0. The maximum Gasteiger partial charge on any atom is 0.335 e.